The van der Waals surface area contributed by atoms with Gasteiger partial charge in [-0.2, -0.15) is 0 Å². The molecule has 0 heterocycles. The lowest BCUT2D eigenvalue weighted by Crippen LogP contribution is -2.26. The van der Waals surface area contributed by atoms with Gasteiger partial charge in [-0.25, -0.2) is 5.09 Å². The summed E-state index contributed by atoms with van der Waals surface area (Å²) in [5.74, 6) is 0.890. The van der Waals surface area contributed by atoms with E-state index in [4.69, 9.17) is 12.2 Å². The fourth-order valence-corrected chi connectivity index (χ4v) is 6.09. The fourth-order valence-electron chi connectivity index (χ4n) is 1.53. The predicted molar refractivity (Wildman–Crippen MR) is 88.5 cm³/mol. The third-order valence-electron chi connectivity index (χ3n) is 2.75. The Labute approximate surface area is 122 Å². The fraction of sp³-hybridized carbons (Fsp3) is 0.917. The number of rotatable bonds is 10. The third-order valence-corrected chi connectivity index (χ3v) is 8.78. The van der Waals surface area contributed by atoms with Crippen molar-refractivity contribution >= 4 is 35.2 Å². The quantitative estimate of drug-likeness (QED) is 0.359. The van der Waals surface area contributed by atoms with Gasteiger partial charge in [0.2, 0.25) is 0 Å². The van der Waals surface area contributed by atoms with Crippen molar-refractivity contribution in [3.63, 3.8) is 0 Å². The van der Waals surface area contributed by atoms with Crippen LogP contribution in [0.5, 0.6) is 0 Å². The second-order valence-electron chi connectivity index (χ2n) is 4.31. The third kappa shape index (κ3) is 6.55. The van der Waals surface area contributed by atoms with Gasteiger partial charge in [0.05, 0.1) is 4.99 Å². The molecule has 0 aliphatic carbocycles. The smallest absolute Gasteiger partial charge is 0.292 e. The molecular weight excluding hydrogens is 283 g/mol. The molecule has 18 heavy (non-hydrogen) atoms. The number of thiocarbonyl (C=S) groups is 1. The van der Waals surface area contributed by atoms with Crippen molar-refractivity contribution in [3.05, 3.63) is 0 Å². The van der Waals surface area contributed by atoms with Crippen molar-refractivity contribution in [1.82, 2.24) is 9.76 Å². The van der Waals surface area contributed by atoms with Crippen LogP contribution in [-0.4, -0.2) is 29.5 Å². The lowest BCUT2D eigenvalue weighted by atomic mass is 10.1. The van der Waals surface area contributed by atoms with Gasteiger partial charge < -0.3 is 4.67 Å². The van der Waals surface area contributed by atoms with Crippen LogP contribution >= 0.6 is 30.2 Å². The lowest BCUT2D eigenvalue weighted by molar-refractivity contribution is 0.546. The highest BCUT2D eigenvalue weighted by Crippen LogP contribution is 2.57. The van der Waals surface area contributed by atoms with E-state index in [1.165, 1.54) is 30.6 Å². The summed E-state index contributed by atoms with van der Waals surface area (Å²) in [6, 6.07) is 0. The van der Waals surface area contributed by atoms with Crippen molar-refractivity contribution in [1.29, 1.82) is 0 Å². The van der Waals surface area contributed by atoms with E-state index in [2.05, 4.69) is 18.9 Å². The normalized spacial score (nSPS) is 14.2. The molecule has 108 valence electrons. The summed E-state index contributed by atoms with van der Waals surface area (Å²) in [5, 5.41) is 2.95. The second kappa shape index (κ2) is 10.2. The molecule has 0 radical (unpaired) electrons. The summed E-state index contributed by atoms with van der Waals surface area (Å²) >= 11 is 6.88. The van der Waals surface area contributed by atoms with Crippen LogP contribution in [0.25, 0.3) is 0 Å². The highest BCUT2D eigenvalue weighted by atomic mass is 32.7. The van der Waals surface area contributed by atoms with Gasteiger partial charge in [0.15, 0.2) is 0 Å². The highest BCUT2D eigenvalue weighted by molar-refractivity contribution is 8.56. The largest absolute Gasteiger partial charge is 0.300 e. The molecule has 0 aromatic rings. The summed E-state index contributed by atoms with van der Waals surface area (Å²) in [6.07, 6.45) is 6.66. The molecule has 0 aromatic heterocycles. The molecule has 0 bridgehead atoms. The Bertz CT molecular complexity index is 287. The molecule has 0 saturated heterocycles. The van der Waals surface area contributed by atoms with Crippen LogP contribution in [-0.2, 0) is 4.57 Å². The van der Waals surface area contributed by atoms with Crippen LogP contribution in [0.2, 0.25) is 0 Å². The van der Waals surface area contributed by atoms with Gasteiger partial charge in [-0.1, -0.05) is 56.7 Å². The Hall–Kier alpha value is 0.430. The average Bonchev–Trinajstić information content (AvgIpc) is 2.39. The van der Waals surface area contributed by atoms with Crippen LogP contribution < -0.4 is 5.09 Å². The number of hydrogen-bond acceptors (Lipinski definition) is 3. The van der Waals surface area contributed by atoms with E-state index in [1.54, 1.807) is 11.7 Å². The first-order valence-electron chi connectivity index (χ1n) is 6.72. The molecule has 1 N–H and O–H groups in total. The van der Waals surface area contributed by atoms with Gasteiger partial charge in [-0.05, 0) is 26.3 Å². The first-order chi connectivity index (χ1) is 8.51. The van der Waals surface area contributed by atoms with Crippen LogP contribution in [0, 0.1) is 0 Å². The maximum atomic E-state index is 12.7. The van der Waals surface area contributed by atoms with E-state index in [1.807, 2.05) is 7.05 Å². The number of hydrogen-bond donors (Lipinski definition) is 1. The van der Waals surface area contributed by atoms with E-state index < -0.39 is 6.65 Å². The molecule has 0 amide bonds. The van der Waals surface area contributed by atoms with Crippen molar-refractivity contribution in [2.45, 2.75) is 52.4 Å². The van der Waals surface area contributed by atoms with Crippen molar-refractivity contribution in [2.75, 3.05) is 19.8 Å². The lowest BCUT2D eigenvalue weighted by Gasteiger charge is -2.29. The Kier molecular flexibility index (Phi) is 10.5. The summed E-state index contributed by atoms with van der Waals surface area (Å²) in [7, 11) is 3.60. The molecule has 0 spiro atoms. The van der Waals surface area contributed by atoms with Gasteiger partial charge in [0.25, 0.3) is 6.65 Å². The molecule has 3 nitrogen and oxygen atoms in total. The molecular formula is C12H27N2OPS2. The van der Waals surface area contributed by atoms with E-state index in [0.717, 1.165) is 30.0 Å². The van der Waals surface area contributed by atoms with E-state index in [0.29, 0.717) is 0 Å². The Morgan fingerprint density at radius 2 is 1.94 bits per heavy atom. The van der Waals surface area contributed by atoms with Crippen molar-refractivity contribution in [3.8, 4) is 0 Å². The molecule has 0 fully saturated rings. The van der Waals surface area contributed by atoms with Crippen LogP contribution in [0.4, 0.5) is 0 Å². The summed E-state index contributed by atoms with van der Waals surface area (Å²) in [4.78, 5) is 0.812. The molecule has 6 heteroatoms. The minimum atomic E-state index is -2.56. The zero-order chi connectivity index (χ0) is 14.0. The molecule has 0 aliphatic rings. The van der Waals surface area contributed by atoms with Gasteiger partial charge in [-0.15, -0.1) is 0 Å². The number of unbranched alkanes of at least 4 members (excludes halogenated alkanes) is 3. The predicted octanol–water partition coefficient (Wildman–Crippen LogP) is 4.69. The van der Waals surface area contributed by atoms with E-state index in [9.17, 15) is 4.57 Å². The van der Waals surface area contributed by atoms with Crippen LogP contribution in [0.15, 0.2) is 0 Å². The molecule has 0 aliphatic heterocycles. The monoisotopic (exact) mass is 310 g/mol. The summed E-state index contributed by atoms with van der Waals surface area (Å²) in [6.45, 7) is 1.73. The van der Waals surface area contributed by atoms with Crippen LogP contribution in [0.3, 0.4) is 0 Å². The van der Waals surface area contributed by atoms with Gasteiger partial charge in [-0.3, -0.25) is 4.57 Å². The number of nitrogens with zero attached hydrogens (tertiary/aromatic N) is 1. The second-order valence-corrected chi connectivity index (χ2v) is 9.79. The molecule has 0 rings (SSSR count). The first kappa shape index (κ1) is 18.4. The van der Waals surface area contributed by atoms with Gasteiger partial charge >= 0.3 is 0 Å². The average molecular weight is 310 g/mol. The van der Waals surface area contributed by atoms with Gasteiger partial charge in [0.1, 0.15) is 0 Å². The Balaban J connectivity index is 4.26. The SMILES string of the molecule is CCCCCCC(=S)N(C)P(=O)(NC)SCCC. The topological polar surface area (TPSA) is 32.3 Å². The molecule has 1 atom stereocenters. The standard InChI is InChI=1S/C12H27N2OPS2/c1-5-7-8-9-10-12(17)14(4)16(15,13-3)18-11-6-2/h5-11H2,1-4H3,(H,13,15). The first-order valence-corrected chi connectivity index (χ1v) is 10.4. The summed E-state index contributed by atoms with van der Waals surface area (Å²) in [5.41, 5.74) is 0. The van der Waals surface area contributed by atoms with Crippen molar-refractivity contribution in [2.24, 2.45) is 0 Å². The Morgan fingerprint density at radius 1 is 1.28 bits per heavy atom. The maximum absolute atomic E-state index is 12.7. The minimum Gasteiger partial charge on any atom is -0.300 e. The van der Waals surface area contributed by atoms with E-state index in [-0.39, 0.29) is 0 Å². The van der Waals surface area contributed by atoms with Gasteiger partial charge in [0, 0.05) is 12.8 Å². The van der Waals surface area contributed by atoms with E-state index >= 15 is 0 Å². The summed E-state index contributed by atoms with van der Waals surface area (Å²) < 4.78 is 14.4. The molecule has 1 unspecified atom stereocenters. The molecule has 0 aromatic carbocycles. The van der Waals surface area contributed by atoms with Crippen molar-refractivity contribution < 1.29 is 4.57 Å². The zero-order valence-electron chi connectivity index (χ0n) is 12.1. The highest BCUT2D eigenvalue weighted by Gasteiger charge is 2.27. The van der Waals surface area contributed by atoms with Crippen LogP contribution in [0.1, 0.15) is 52.4 Å². The molecule has 0 saturated carbocycles. The zero-order valence-corrected chi connectivity index (χ0v) is 14.6. The number of nitrogens with one attached hydrogen (secondary N) is 1. The maximum Gasteiger partial charge on any atom is 0.292 e. The Morgan fingerprint density at radius 3 is 2.44 bits per heavy atom. The minimum absolute atomic E-state index is 0.812.